The minimum absolute atomic E-state index is 0.108. The van der Waals surface area contributed by atoms with Gasteiger partial charge in [-0.05, 0) is 63.2 Å². The van der Waals surface area contributed by atoms with Gasteiger partial charge in [-0.1, -0.05) is 0 Å². The van der Waals surface area contributed by atoms with E-state index in [1.54, 1.807) is 45.2 Å². The molecule has 7 nitrogen and oxygen atoms in total. The molecule has 2 N–H and O–H groups in total. The smallest absolute Gasteiger partial charge is 0.338 e. The molecule has 30 heavy (non-hydrogen) atoms. The van der Waals surface area contributed by atoms with Crippen LogP contribution in [-0.4, -0.2) is 45.3 Å². The van der Waals surface area contributed by atoms with Crippen molar-refractivity contribution < 1.29 is 28.7 Å². The maximum Gasteiger partial charge on any atom is 0.338 e. The molecule has 0 bridgehead atoms. The van der Waals surface area contributed by atoms with Crippen LogP contribution in [0.5, 0.6) is 11.5 Å². The zero-order chi connectivity index (χ0) is 22.1. The molecule has 1 unspecified atom stereocenters. The molecule has 1 atom stereocenters. The number of quaternary nitrogens is 1. The van der Waals surface area contributed by atoms with Gasteiger partial charge in [-0.3, -0.25) is 4.79 Å². The summed E-state index contributed by atoms with van der Waals surface area (Å²) in [7, 11) is 3.56. The van der Waals surface area contributed by atoms with Gasteiger partial charge in [-0.15, -0.1) is 0 Å². The number of anilines is 1. The van der Waals surface area contributed by atoms with E-state index in [4.69, 9.17) is 14.2 Å². The van der Waals surface area contributed by atoms with Gasteiger partial charge in [-0.25, -0.2) is 4.79 Å². The highest BCUT2D eigenvalue weighted by Crippen LogP contribution is 2.27. The molecule has 0 aliphatic heterocycles. The van der Waals surface area contributed by atoms with E-state index in [0.717, 1.165) is 10.5 Å². The number of ether oxygens (including phenoxy) is 3. The van der Waals surface area contributed by atoms with Gasteiger partial charge in [0.15, 0.2) is 18.0 Å². The molecule has 0 fully saturated rings. The number of benzene rings is 2. The Hall–Kier alpha value is -3.06. The number of likely N-dealkylation sites (N-methyl/N-ethyl adjacent to an activating group) is 1. The van der Waals surface area contributed by atoms with Crippen molar-refractivity contribution in [3.63, 3.8) is 0 Å². The van der Waals surface area contributed by atoms with E-state index < -0.39 is 0 Å². The number of rotatable bonds is 10. The van der Waals surface area contributed by atoms with Gasteiger partial charge < -0.3 is 24.4 Å². The first kappa shape index (κ1) is 23.2. The van der Waals surface area contributed by atoms with E-state index in [1.165, 1.54) is 0 Å². The Bertz CT molecular complexity index is 849. The van der Waals surface area contributed by atoms with Gasteiger partial charge in [-0.2, -0.15) is 0 Å². The maximum atomic E-state index is 12.4. The molecule has 1 amide bonds. The van der Waals surface area contributed by atoms with Gasteiger partial charge in [0.25, 0.3) is 5.91 Å². The Morgan fingerprint density at radius 2 is 1.77 bits per heavy atom. The molecule has 2 rings (SSSR count). The molecule has 0 saturated carbocycles. The minimum atomic E-state index is -0.377. The summed E-state index contributed by atoms with van der Waals surface area (Å²) in [4.78, 5) is 25.3. The molecule has 2 aromatic rings. The first-order valence-electron chi connectivity index (χ1n) is 10.0. The van der Waals surface area contributed by atoms with Crippen LogP contribution in [0.2, 0.25) is 0 Å². The Morgan fingerprint density at radius 3 is 2.37 bits per heavy atom. The fourth-order valence-corrected chi connectivity index (χ4v) is 2.96. The fourth-order valence-electron chi connectivity index (χ4n) is 2.96. The lowest BCUT2D eigenvalue weighted by molar-refractivity contribution is -0.885. The molecule has 0 spiro atoms. The second-order valence-electron chi connectivity index (χ2n) is 7.31. The number of esters is 1. The van der Waals surface area contributed by atoms with Crippen molar-refractivity contribution in [2.75, 3.05) is 32.6 Å². The van der Waals surface area contributed by atoms with Crippen molar-refractivity contribution >= 4 is 17.6 Å². The number of amides is 1. The normalized spacial score (nSPS) is 11.7. The molecule has 2 aromatic carbocycles. The highest BCUT2D eigenvalue weighted by atomic mass is 16.5. The largest absolute Gasteiger partial charge is 0.493 e. The summed E-state index contributed by atoms with van der Waals surface area (Å²) < 4.78 is 16.1. The van der Waals surface area contributed by atoms with Crippen molar-refractivity contribution in [2.24, 2.45) is 0 Å². The lowest BCUT2D eigenvalue weighted by atomic mass is 10.2. The fraction of sp³-hybridized carbons (Fsp3) is 0.391. The van der Waals surface area contributed by atoms with Crippen LogP contribution in [0, 0.1) is 0 Å². The number of hydrogen-bond acceptors (Lipinski definition) is 5. The summed E-state index contributed by atoms with van der Waals surface area (Å²) in [5.41, 5.74) is 2.14. The molecule has 0 saturated heterocycles. The van der Waals surface area contributed by atoms with Crippen LogP contribution in [0.15, 0.2) is 42.5 Å². The van der Waals surface area contributed by atoms with Gasteiger partial charge in [0.05, 0.1) is 32.4 Å². The summed E-state index contributed by atoms with van der Waals surface area (Å²) in [5.74, 6) is 0.906. The van der Waals surface area contributed by atoms with Gasteiger partial charge >= 0.3 is 5.97 Å². The predicted molar refractivity (Wildman–Crippen MR) is 115 cm³/mol. The van der Waals surface area contributed by atoms with Crippen LogP contribution in [0.1, 0.15) is 36.7 Å². The van der Waals surface area contributed by atoms with Gasteiger partial charge in [0.2, 0.25) is 0 Å². The lowest BCUT2D eigenvalue weighted by Crippen LogP contribution is -3.08. The summed E-state index contributed by atoms with van der Waals surface area (Å²) in [5, 5.41) is 2.86. The quantitative estimate of drug-likeness (QED) is 0.583. The van der Waals surface area contributed by atoms with Crippen molar-refractivity contribution in [3.8, 4) is 11.5 Å². The van der Waals surface area contributed by atoms with Crippen LogP contribution in [0.25, 0.3) is 0 Å². The van der Waals surface area contributed by atoms with Crippen molar-refractivity contribution in [1.82, 2.24) is 0 Å². The second kappa shape index (κ2) is 11.2. The number of methoxy groups -OCH3 is 1. The highest BCUT2D eigenvalue weighted by Gasteiger charge is 2.14. The average Bonchev–Trinajstić information content (AvgIpc) is 2.69. The molecular formula is C23H31N2O5+. The summed E-state index contributed by atoms with van der Waals surface area (Å²) >= 11 is 0. The number of nitrogens with one attached hydrogen (secondary N) is 2. The van der Waals surface area contributed by atoms with Crippen LogP contribution in [-0.2, 0) is 16.1 Å². The molecule has 0 heterocycles. The standard InChI is InChI=1S/C23H30N2O5/c1-6-29-20-12-7-17(13-21(20)28-5)14-25(4)15-22(26)24-19-10-8-18(9-11-19)23(27)30-16(2)3/h7-13,16H,6,14-15H2,1-5H3,(H,24,26)/p+1. The van der Waals surface area contributed by atoms with E-state index >= 15 is 0 Å². The Morgan fingerprint density at radius 1 is 1.07 bits per heavy atom. The molecule has 7 heteroatoms. The third-order valence-electron chi connectivity index (χ3n) is 4.24. The second-order valence-corrected chi connectivity index (χ2v) is 7.31. The third kappa shape index (κ3) is 7.08. The third-order valence-corrected chi connectivity index (χ3v) is 4.24. The Balaban J connectivity index is 1.89. The molecule has 0 aliphatic rings. The molecular weight excluding hydrogens is 384 g/mol. The maximum absolute atomic E-state index is 12.4. The van der Waals surface area contributed by atoms with E-state index in [1.807, 2.05) is 32.2 Å². The van der Waals surface area contributed by atoms with Crippen LogP contribution in [0.4, 0.5) is 5.69 Å². The minimum Gasteiger partial charge on any atom is -0.493 e. The molecule has 0 radical (unpaired) electrons. The molecule has 0 aromatic heterocycles. The average molecular weight is 416 g/mol. The topological polar surface area (TPSA) is 78.3 Å². The van der Waals surface area contributed by atoms with Crippen LogP contribution < -0.4 is 19.7 Å². The van der Waals surface area contributed by atoms with Gasteiger partial charge in [0.1, 0.15) is 6.54 Å². The van der Waals surface area contributed by atoms with Crippen LogP contribution in [0.3, 0.4) is 0 Å². The highest BCUT2D eigenvalue weighted by molar-refractivity contribution is 5.93. The monoisotopic (exact) mass is 415 g/mol. The number of carbonyl (C=O) groups excluding carboxylic acids is 2. The number of carbonyl (C=O) groups is 2. The molecule has 162 valence electrons. The zero-order valence-corrected chi connectivity index (χ0v) is 18.3. The zero-order valence-electron chi connectivity index (χ0n) is 18.3. The predicted octanol–water partition coefficient (Wildman–Crippen LogP) is 2.31. The van der Waals surface area contributed by atoms with E-state index in [2.05, 4.69) is 5.32 Å². The lowest BCUT2D eigenvalue weighted by Gasteiger charge is -2.16. The summed E-state index contributed by atoms with van der Waals surface area (Å²) in [6.07, 6.45) is -0.175. The SMILES string of the molecule is CCOc1ccc(C[NH+](C)CC(=O)Nc2ccc(C(=O)OC(C)C)cc2)cc1OC. The van der Waals surface area contributed by atoms with Crippen molar-refractivity contribution in [2.45, 2.75) is 33.4 Å². The first-order valence-corrected chi connectivity index (χ1v) is 10.0. The van der Waals surface area contributed by atoms with E-state index in [0.29, 0.717) is 42.4 Å². The van der Waals surface area contributed by atoms with Crippen molar-refractivity contribution in [3.05, 3.63) is 53.6 Å². The Kier molecular flexibility index (Phi) is 8.68. The summed E-state index contributed by atoms with van der Waals surface area (Å²) in [6.45, 7) is 7.06. The van der Waals surface area contributed by atoms with E-state index in [9.17, 15) is 9.59 Å². The van der Waals surface area contributed by atoms with E-state index in [-0.39, 0.29) is 18.0 Å². The molecule has 0 aliphatic carbocycles. The van der Waals surface area contributed by atoms with Crippen molar-refractivity contribution in [1.29, 1.82) is 0 Å². The van der Waals surface area contributed by atoms with Crippen LogP contribution >= 0.6 is 0 Å². The Labute approximate surface area is 177 Å². The summed E-state index contributed by atoms with van der Waals surface area (Å²) in [6, 6.07) is 12.5. The van der Waals surface area contributed by atoms with Gasteiger partial charge in [0, 0.05) is 11.3 Å². The first-order chi connectivity index (χ1) is 14.3. The number of hydrogen-bond donors (Lipinski definition) is 2.